The molecule has 0 radical (unpaired) electrons. The molecular formula is C16H23ClN2O3. The largest absolute Gasteiger partial charge is 0.469 e. The van der Waals surface area contributed by atoms with Crippen molar-refractivity contribution in [3.8, 4) is 0 Å². The summed E-state index contributed by atoms with van der Waals surface area (Å²) in [5, 5.41) is 3.03. The Bertz CT molecular complexity index is 497. The number of carbonyl (C=O) groups excluding carboxylic acids is 2. The Hall–Kier alpha value is -1.59. The smallest absolute Gasteiger partial charge is 0.308 e. The third kappa shape index (κ3) is 4.71. The molecule has 5 nitrogen and oxygen atoms in total. The van der Waals surface area contributed by atoms with Crippen LogP contribution >= 0.6 is 12.4 Å². The first-order valence-electron chi connectivity index (χ1n) is 7.31. The van der Waals surface area contributed by atoms with Crippen LogP contribution in [0.2, 0.25) is 0 Å². The number of halogens is 1. The van der Waals surface area contributed by atoms with E-state index in [1.807, 2.05) is 12.1 Å². The molecule has 1 aliphatic rings. The van der Waals surface area contributed by atoms with Gasteiger partial charge in [-0.2, -0.15) is 0 Å². The summed E-state index contributed by atoms with van der Waals surface area (Å²) >= 11 is 0. The molecule has 0 aliphatic heterocycles. The van der Waals surface area contributed by atoms with E-state index in [2.05, 4.69) is 5.32 Å². The van der Waals surface area contributed by atoms with Crippen molar-refractivity contribution in [3.05, 3.63) is 35.4 Å². The molecule has 0 unspecified atom stereocenters. The Morgan fingerprint density at radius 1 is 1.18 bits per heavy atom. The molecule has 1 aromatic carbocycles. The lowest BCUT2D eigenvalue weighted by Crippen LogP contribution is -2.38. The van der Waals surface area contributed by atoms with Crippen LogP contribution < -0.4 is 11.1 Å². The maximum Gasteiger partial charge on any atom is 0.308 e. The quantitative estimate of drug-likeness (QED) is 0.829. The minimum Gasteiger partial charge on any atom is -0.469 e. The normalized spacial score (nSPS) is 20.6. The van der Waals surface area contributed by atoms with Crippen LogP contribution in [-0.4, -0.2) is 25.0 Å². The van der Waals surface area contributed by atoms with Gasteiger partial charge in [-0.15, -0.1) is 12.4 Å². The third-order valence-corrected chi connectivity index (χ3v) is 4.05. The minimum absolute atomic E-state index is 0. The molecule has 0 atom stereocenters. The van der Waals surface area contributed by atoms with Crippen molar-refractivity contribution < 1.29 is 14.3 Å². The van der Waals surface area contributed by atoms with Gasteiger partial charge in [-0.05, 0) is 43.4 Å². The molecule has 0 saturated heterocycles. The van der Waals surface area contributed by atoms with E-state index < -0.39 is 0 Å². The van der Waals surface area contributed by atoms with Gasteiger partial charge in [0.15, 0.2) is 0 Å². The molecule has 0 heterocycles. The molecule has 3 N–H and O–H groups in total. The van der Waals surface area contributed by atoms with Crippen LogP contribution in [-0.2, 0) is 16.1 Å². The van der Waals surface area contributed by atoms with Gasteiger partial charge < -0.3 is 15.8 Å². The summed E-state index contributed by atoms with van der Waals surface area (Å²) < 4.78 is 4.76. The summed E-state index contributed by atoms with van der Waals surface area (Å²) in [5.41, 5.74) is 7.18. The highest BCUT2D eigenvalue weighted by Crippen LogP contribution is 2.25. The maximum atomic E-state index is 12.2. The first-order chi connectivity index (χ1) is 10.1. The van der Waals surface area contributed by atoms with Gasteiger partial charge in [0.1, 0.15) is 0 Å². The van der Waals surface area contributed by atoms with Crippen molar-refractivity contribution in [2.45, 2.75) is 38.3 Å². The first-order valence-corrected chi connectivity index (χ1v) is 7.31. The van der Waals surface area contributed by atoms with E-state index in [0.717, 1.165) is 31.2 Å². The fraction of sp³-hybridized carbons (Fsp3) is 0.500. The monoisotopic (exact) mass is 326 g/mol. The van der Waals surface area contributed by atoms with Crippen LogP contribution in [0.3, 0.4) is 0 Å². The van der Waals surface area contributed by atoms with Crippen molar-refractivity contribution in [3.63, 3.8) is 0 Å². The van der Waals surface area contributed by atoms with Crippen molar-refractivity contribution in [1.29, 1.82) is 0 Å². The Morgan fingerprint density at radius 3 is 2.27 bits per heavy atom. The van der Waals surface area contributed by atoms with Crippen LogP contribution in [0, 0.1) is 5.92 Å². The molecule has 1 fully saturated rings. The summed E-state index contributed by atoms with van der Waals surface area (Å²) in [6.45, 7) is 0.472. The van der Waals surface area contributed by atoms with Gasteiger partial charge in [-0.3, -0.25) is 9.59 Å². The van der Waals surface area contributed by atoms with Gasteiger partial charge in [0, 0.05) is 18.2 Å². The number of methoxy groups -OCH3 is 1. The third-order valence-electron chi connectivity index (χ3n) is 4.05. The number of benzene rings is 1. The van der Waals surface area contributed by atoms with Crippen molar-refractivity contribution in [1.82, 2.24) is 5.32 Å². The molecule has 22 heavy (non-hydrogen) atoms. The SMILES string of the molecule is COC(=O)C1CCC(NC(=O)c2ccc(CN)cc2)CC1.Cl. The molecular weight excluding hydrogens is 304 g/mol. The van der Waals surface area contributed by atoms with Crippen molar-refractivity contribution >= 4 is 24.3 Å². The van der Waals surface area contributed by atoms with Crippen molar-refractivity contribution in [2.75, 3.05) is 7.11 Å². The van der Waals surface area contributed by atoms with Gasteiger partial charge in [0.2, 0.25) is 0 Å². The van der Waals surface area contributed by atoms with Crippen LogP contribution in [0.25, 0.3) is 0 Å². The Balaban J connectivity index is 0.00000242. The average Bonchev–Trinajstić information content (AvgIpc) is 2.55. The number of rotatable bonds is 4. The standard InChI is InChI=1S/C16H22N2O3.ClH/c1-21-16(20)13-6-8-14(9-7-13)18-15(19)12-4-2-11(10-17)3-5-12;/h2-5,13-14H,6-10,17H2,1H3,(H,18,19);1H. The second kappa shape index (κ2) is 8.76. The van der Waals surface area contributed by atoms with Gasteiger partial charge in [-0.1, -0.05) is 12.1 Å². The predicted molar refractivity (Wildman–Crippen MR) is 86.8 cm³/mol. The van der Waals surface area contributed by atoms with Gasteiger partial charge in [-0.25, -0.2) is 0 Å². The lowest BCUT2D eigenvalue weighted by atomic mass is 9.86. The fourth-order valence-electron chi connectivity index (χ4n) is 2.70. The topological polar surface area (TPSA) is 81.4 Å². The number of ether oxygens (including phenoxy) is 1. The number of nitrogens with one attached hydrogen (secondary N) is 1. The van der Waals surface area contributed by atoms with E-state index in [-0.39, 0.29) is 36.2 Å². The first kappa shape index (κ1) is 18.5. The molecule has 0 bridgehead atoms. The highest BCUT2D eigenvalue weighted by atomic mass is 35.5. The van der Waals surface area contributed by atoms with E-state index >= 15 is 0 Å². The van der Waals surface area contributed by atoms with Gasteiger partial charge >= 0.3 is 5.97 Å². The molecule has 0 aromatic heterocycles. The molecule has 1 amide bonds. The second-order valence-electron chi connectivity index (χ2n) is 5.45. The summed E-state index contributed by atoms with van der Waals surface area (Å²) in [6.07, 6.45) is 3.16. The lowest BCUT2D eigenvalue weighted by molar-refractivity contribution is -0.146. The number of hydrogen-bond donors (Lipinski definition) is 2. The predicted octanol–water partition coefficient (Wildman–Crippen LogP) is 2.03. The molecule has 6 heteroatoms. The zero-order chi connectivity index (χ0) is 15.2. The highest BCUT2D eigenvalue weighted by molar-refractivity contribution is 5.94. The van der Waals surface area contributed by atoms with Crippen LogP contribution in [0.4, 0.5) is 0 Å². The maximum absolute atomic E-state index is 12.2. The number of esters is 1. The Labute approximate surface area is 137 Å². The highest BCUT2D eigenvalue weighted by Gasteiger charge is 2.27. The fourth-order valence-corrected chi connectivity index (χ4v) is 2.70. The van der Waals surface area contributed by atoms with E-state index in [1.165, 1.54) is 7.11 Å². The van der Waals surface area contributed by atoms with Gasteiger partial charge in [0.25, 0.3) is 5.91 Å². The average molecular weight is 327 g/mol. The molecule has 122 valence electrons. The molecule has 1 aromatic rings. The zero-order valence-electron chi connectivity index (χ0n) is 12.7. The summed E-state index contributed by atoms with van der Waals surface area (Å²) in [6, 6.07) is 7.44. The Morgan fingerprint density at radius 2 is 1.77 bits per heavy atom. The Kier molecular flexibility index (Phi) is 7.35. The minimum atomic E-state index is -0.142. The van der Waals surface area contributed by atoms with E-state index in [9.17, 15) is 9.59 Å². The second-order valence-corrected chi connectivity index (χ2v) is 5.45. The van der Waals surface area contributed by atoms with Gasteiger partial charge in [0.05, 0.1) is 13.0 Å². The molecule has 2 rings (SSSR count). The lowest BCUT2D eigenvalue weighted by Gasteiger charge is -2.27. The van der Waals surface area contributed by atoms with E-state index in [4.69, 9.17) is 10.5 Å². The summed E-state index contributed by atoms with van der Waals surface area (Å²) in [5.74, 6) is -0.232. The number of hydrogen-bond acceptors (Lipinski definition) is 4. The van der Waals surface area contributed by atoms with E-state index in [0.29, 0.717) is 12.1 Å². The van der Waals surface area contributed by atoms with E-state index in [1.54, 1.807) is 12.1 Å². The van der Waals surface area contributed by atoms with Crippen LogP contribution in [0.15, 0.2) is 24.3 Å². The number of nitrogens with two attached hydrogens (primary N) is 1. The zero-order valence-corrected chi connectivity index (χ0v) is 13.5. The number of amides is 1. The van der Waals surface area contributed by atoms with Crippen LogP contribution in [0.1, 0.15) is 41.6 Å². The summed E-state index contributed by atoms with van der Waals surface area (Å²) in [4.78, 5) is 23.6. The summed E-state index contributed by atoms with van der Waals surface area (Å²) in [7, 11) is 1.42. The van der Waals surface area contributed by atoms with Crippen LogP contribution in [0.5, 0.6) is 0 Å². The number of carbonyl (C=O) groups is 2. The molecule has 1 saturated carbocycles. The van der Waals surface area contributed by atoms with Crippen molar-refractivity contribution in [2.24, 2.45) is 11.7 Å². The molecule has 1 aliphatic carbocycles. The molecule has 0 spiro atoms.